The van der Waals surface area contributed by atoms with Crippen LogP contribution in [0, 0.1) is 5.92 Å². The first-order valence-corrected chi connectivity index (χ1v) is 9.36. The van der Waals surface area contributed by atoms with Gasteiger partial charge in [-0.05, 0) is 54.2 Å². The first kappa shape index (κ1) is 17.0. The maximum absolute atomic E-state index is 12.5. The molecule has 1 aliphatic carbocycles. The summed E-state index contributed by atoms with van der Waals surface area (Å²) in [6.45, 7) is 2.29. The Kier molecular flexibility index (Phi) is 5.50. The smallest absolute Gasteiger partial charge is 0.233 e. The molecule has 1 aromatic heterocycles. The van der Waals surface area contributed by atoms with E-state index in [-0.39, 0.29) is 5.91 Å². The Labute approximate surface area is 146 Å². The van der Waals surface area contributed by atoms with Crippen LogP contribution < -0.4 is 0 Å². The van der Waals surface area contributed by atoms with Gasteiger partial charge >= 0.3 is 0 Å². The van der Waals surface area contributed by atoms with E-state index >= 15 is 0 Å². The summed E-state index contributed by atoms with van der Waals surface area (Å²) >= 11 is 1.39. The van der Waals surface area contributed by atoms with Crippen LogP contribution in [-0.4, -0.2) is 49.9 Å². The Hall–Kier alpha value is -1.89. The molecule has 0 unspecified atom stereocenters. The summed E-state index contributed by atoms with van der Waals surface area (Å²) in [6.07, 6.45) is 4.63. The highest BCUT2D eigenvalue weighted by molar-refractivity contribution is 7.99. The molecule has 1 saturated carbocycles. The van der Waals surface area contributed by atoms with Gasteiger partial charge in [-0.2, -0.15) is 4.68 Å². The molecule has 0 atom stereocenters. The Morgan fingerprint density at radius 1 is 1.25 bits per heavy atom. The maximum atomic E-state index is 12.5. The van der Waals surface area contributed by atoms with Crippen LogP contribution in [0.2, 0.25) is 0 Å². The van der Waals surface area contributed by atoms with E-state index in [2.05, 4.69) is 22.4 Å². The Balaban J connectivity index is 1.58. The van der Waals surface area contributed by atoms with E-state index in [0.29, 0.717) is 17.0 Å². The van der Waals surface area contributed by atoms with Crippen molar-refractivity contribution in [3.05, 3.63) is 30.3 Å². The average molecular weight is 345 g/mol. The SMILES string of the molecule is CC1CCC(N(C)C(=O)CSc2nnnn2-c2ccccc2)CC1. The number of nitrogens with zero attached hydrogens (tertiary/aromatic N) is 5. The van der Waals surface area contributed by atoms with E-state index in [0.717, 1.165) is 24.4 Å². The molecular formula is C17H23N5OS. The third-order valence-corrected chi connectivity index (χ3v) is 5.60. The Bertz CT molecular complexity index is 667. The van der Waals surface area contributed by atoms with Crippen LogP contribution in [0.4, 0.5) is 0 Å². The zero-order chi connectivity index (χ0) is 16.9. The molecule has 1 fully saturated rings. The summed E-state index contributed by atoms with van der Waals surface area (Å²) < 4.78 is 1.67. The van der Waals surface area contributed by atoms with Crippen LogP contribution in [0.25, 0.3) is 5.69 Å². The quantitative estimate of drug-likeness (QED) is 0.780. The van der Waals surface area contributed by atoms with Gasteiger partial charge in [0.25, 0.3) is 0 Å². The summed E-state index contributed by atoms with van der Waals surface area (Å²) in [5, 5.41) is 12.4. The van der Waals surface area contributed by atoms with Crippen LogP contribution in [0.1, 0.15) is 32.6 Å². The molecule has 2 aromatic rings. The minimum absolute atomic E-state index is 0.141. The zero-order valence-corrected chi connectivity index (χ0v) is 14.9. The van der Waals surface area contributed by atoms with Crippen LogP contribution in [0.15, 0.2) is 35.5 Å². The molecule has 0 N–H and O–H groups in total. The van der Waals surface area contributed by atoms with Gasteiger partial charge in [-0.3, -0.25) is 4.79 Å². The minimum atomic E-state index is 0.141. The van der Waals surface area contributed by atoms with Crippen molar-refractivity contribution >= 4 is 17.7 Å². The summed E-state index contributed by atoms with van der Waals surface area (Å²) in [5.41, 5.74) is 0.895. The van der Waals surface area contributed by atoms with Gasteiger partial charge in [-0.25, -0.2) is 0 Å². The topological polar surface area (TPSA) is 63.9 Å². The fraction of sp³-hybridized carbons (Fsp3) is 0.529. The van der Waals surface area contributed by atoms with Gasteiger partial charge in [-0.1, -0.05) is 36.9 Å². The number of thioether (sulfide) groups is 1. The van der Waals surface area contributed by atoms with Gasteiger partial charge in [0.2, 0.25) is 11.1 Å². The zero-order valence-electron chi connectivity index (χ0n) is 14.1. The highest BCUT2D eigenvalue weighted by Crippen LogP contribution is 2.27. The molecule has 1 aromatic carbocycles. The minimum Gasteiger partial charge on any atom is -0.342 e. The maximum Gasteiger partial charge on any atom is 0.233 e. The van der Waals surface area contributed by atoms with Gasteiger partial charge in [0.05, 0.1) is 11.4 Å². The molecule has 0 spiro atoms. The highest BCUT2D eigenvalue weighted by atomic mass is 32.2. The number of rotatable bonds is 5. The largest absolute Gasteiger partial charge is 0.342 e. The first-order valence-electron chi connectivity index (χ1n) is 8.37. The molecule has 1 aliphatic rings. The number of benzene rings is 1. The number of carbonyl (C=O) groups is 1. The van der Waals surface area contributed by atoms with Gasteiger partial charge < -0.3 is 4.90 Å². The Morgan fingerprint density at radius 2 is 1.96 bits per heavy atom. The van der Waals surface area contributed by atoms with Crippen LogP contribution in [-0.2, 0) is 4.79 Å². The third kappa shape index (κ3) is 3.95. The van der Waals surface area contributed by atoms with Crippen LogP contribution in [0.5, 0.6) is 0 Å². The lowest BCUT2D eigenvalue weighted by Crippen LogP contribution is -2.40. The van der Waals surface area contributed by atoms with E-state index in [1.165, 1.54) is 24.6 Å². The molecule has 3 rings (SSSR count). The predicted molar refractivity (Wildman–Crippen MR) is 94.1 cm³/mol. The summed E-state index contributed by atoms with van der Waals surface area (Å²) in [5.74, 6) is 1.28. The van der Waals surface area contributed by atoms with E-state index in [4.69, 9.17) is 0 Å². The molecule has 0 saturated heterocycles. The van der Waals surface area contributed by atoms with Crippen molar-refractivity contribution in [2.75, 3.05) is 12.8 Å². The normalized spacial score (nSPS) is 20.8. The number of amides is 1. The van der Waals surface area contributed by atoms with Gasteiger partial charge in [0.1, 0.15) is 0 Å². The second-order valence-electron chi connectivity index (χ2n) is 6.42. The van der Waals surface area contributed by atoms with Crippen molar-refractivity contribution in [3.8, 4) is 5.69 Å². The van der Waals surface area contributed by atoms with Crippen molar-refractivity contribution in [2.45, 2.75) is 43.8 Å². The predicted octanol–water partition coefficient (Wildman–Crippen LogP) is 2.79. The van der Waals surface area contributed by atoms with Gasteiger partial charge in [0.15, 0.2) is 0 Å². The monoisotopic (exact) mass is 345 g/mol. The third-order valence-electron chi connectivity index (χ3n) is 4.69. The molecule has 6 nitrogen and oxygen atoms in total. The van der Waals surface area contributed by atoms with Crippen molar-refractivity contribution < 1.29 is 4.79 Å². The molecule has 128 valence electrons. The van der Waals surface area contributed by atoms with Gasteiger partial charge in [0, 0.05) is 13.1 Å². The van der Waals surface area contributed by atoms with E-state index < -0.39 is 0 Å². The number of para-hydroxylation sites is 1. The number of tetrazole rings is 1. The van der Waals surface area contributed by atoms with Crippen molar-refractivity contribution in [3.63, 3.8) is 0 Å². The molecular weight excluding hydrogens is 322 g/mol. The van der Waals surface area contributed by atoms with E-state index in [1.807, 2.05) is 42.3 Å². The standard InChI is InChI=1S/C17H23N5OS/c1-13-8-10-14(11-9-13)21(2)16(23)12-24-17-18-19-20-22(17)15-6-4-3-5-7-15/h3-7,13-14H,8-12H2,1-2H3. The second kappa shape index (κ2) is 7.79. The average Bonchev–Trinajstić information content (AvgIpc) is 3.09. The number of carbonyl (C=O) groups excluding carboxylic acids is 1. The summed E-state index contributed by atoms with van der Waals surface area (Å²) in [4.78, 5) is 14.4. The molecule has 7 heteroatoms. The first-order chi connectivity index (χ1) is 11.6. The van der Waals surface area contributed by atoms with E-state index in [1.54, 1.807) is 4.68 Å². The van der Waals surface area contributed by atoms with Crippen LogP contribution in [0.3, 0.4) is 0 Å². The fourth-order valence-electron chi connectivity index (χ4n) is 3.06. The molecule has 0 aliphatic heterocycles. The summed E-state index contributed by atoms with van der Waals surface area (Å²) in [7, 11) is 1.92. The fourth-order valence-corrected chi connectivity index (χ4v) is 3.88. The number of aromatic nitrogens is 4. The molecule has 1 heterocycles. The Morgan fingerprint density at radius 3 is 2.67 bits per heavy atom. The summed E-state index contributed by atoms with van der Waals surface area (Å²) in [6, 6.07) is 10.1. The highest BCUT2D eigenvalue weighted by Gasteiger charge is 2.25. The molecule has 1 amide bonds. The van der Waals surface area contributed by atoms with E-state index in [9.17, 15) is 4.79 Å². The number of hydrogen-bond acceptors (Lipinski definition) is 5. The molecule has 24 heavy (non-hydrogen) atoms. The van der Waals surface area contributed by atoms with Crippen LogP contribution >= 0.6 is 11.8 Å². The lowest BCUT2D eigenvalue weighted by Gasteiger charge is -2.33. The number of hydrogen-bond donors (Lipinski definition) is 0. The van der Waals surface area contributed by atoms with Crippen molar-refractivity contribution in [1.29, 1.82) is 0 Å². The van der Waals surface area contributed by atoms with Crippen molar-refractivity contribution in [1.82, 2.24) is 25.1 Å². The molecule has 0 bridgehead atoms. The second-order valence-corrected chi connectivity index (χ2v) is 7.36. The lowest BCUT2D eigenvalue weighted by molar-refractivity contribution is -0.129. The lowest BCUT2D eigenvalue weighted by atomic mass is 9.87. The molecule has 0 radical (unpaired) electrons. The van der Waals surface area contributed by atoms with Gasteiger partial charge in [-0.15, -0.1) is 5.10 Å². The van der Waals surface area contributed by atoms with Crippen molar-refractivity contribution in [2.24, 2.45) is 5.92 Å².